The number of ether oxygens (including phenoxy) is 1. The molecule has 0 spiro atoms. The molecule has 2 aromatic rings. The van der Waals surface area contributed by atoms with Gasteiger partial charge in [-0.2, -0.15) is 0 Å². The molecule has 0 unspecified atom stereocenters. The minimum atomic E-state index is -0.877. The summed E-state index contributed by atoms with van der Waals surface area (Å²) in [7, 11) is 0. The van der Waals surface area contributed by atoms with Crippen LogP contribution in [0.15, 0.2) is 47.4 Å². The van der Waals surface area contributed by atoms with Crippen LogP contribution in [0, 0.1) is 13.8 Å². The van der Waals surface area contributed by atoms with Crippen molar-refractivity contribution in [1.82, 2.24) is 0 Å². The zero-order chi connectivity index (χ0) is 17.7. The number of anilines is 1. The number of rotatable bonds is 5. The van der Waals surface area contributed by atoms with Gasteiger partial charge in [-0.05, 0) is 68.5 Å². The molecule has 0 aliphatic carbocycles. The molecule has 0 aliphatic heterocycles. The summed E-state index contributed by atoms with van der Waals surface area (Å²) >= 11 is 1.60. The number of carbonyl (C=O) groups excluding carboxylic acids is 2. The van der Waals surface area contributed by atoms with Crippen molar-refractivity contribution >= 4 is 29.3 Å². The maximum absolute atomic E-state index is 12.3. The molecule has 2 rings (SSSR count). The van der Waals surface area contributed by atoms with E-state index in [2.05, 4.69) is 5.32 Å². The molecule has 0 fully saturated rings. The van der Waals surface area contributed by atoms with Crippen LogP contribution in [0.4, 0.5) is 5.69 Å². The molecule has 0 bridgehead atoms. The second-order valence-electron chi connectivity index (χ2n) is 5.58. The van der Waals surface area contributed by atoms with Gasteiger partial charge < -0.3 is 10.1 Å². The predicted octanol–water partition coefficient (Wildman–Crippen LogP) is 4.21. The lowest BCUT2D eigenvalue weighted by molar-refractivity contribution is -0.123. The summed E-state index contributed by atoms with van der Waals surface area (Å²) < 4.78 is 5.26. The average molecular weight is 343 g/mol. The Labute approximate surface area is 146 Å². The van der Waals surface area contributed by atoms with E-state index < -0.39 is 12.1 Å². The van der Waals surface area contributed by atoms with Crippen LogP contribution in [-0.4, -0.2) is 24.2 Å². The number of hydrogen-bond donors (Lipinski definition) is 1. The van der Waals surface area contributed by atoms with E-state index in [4.69, 9.17) is 4.74 Å². The predicted molar refractivity (Wildman–Crippen MR) is 97.6 cm³/mol. The third-order valence-corrected chi connectivity index (χ3v) is 4.37. The van der Waals surface area contributed by atoms with E-state index in [1.807, 2.05) is 50.4 Å². The summed E-state index contributed by atoms with van der Waals surface area (Å²) in [5.41, 5.74) is 3.17. The van der Waals surface area contributed by atoms with Gasteiger partial charge in [-0.1, -0.05) is 12.1 Å². The fourth-order valence-corrected chi connectivity index (χ4v) is 2.52. The smallest absolute Gasteiger partial charge is 0.338 e. The van der Waals surface area contributed by atoms with Gasteiger partial charge >= 0.3 is 5.97 Å². The highest BCUT2D eigenvalue weighted by atomic mass is 32.2. The standard InChI is InChI=1S/C19H21NO3S/c1-12-5-6-13(2)17(11-12)20-18(21)14(3)23-19(22)15-7-9-16(24-4)10-8-15/h5-11,14H,1-4H3,(H,20,21)/t14-/m1/s1. The Morgan fingerprint density at radius 1 is 1.08 bits per heavy atom. The third-order valence-electron chi connectivity index (χ3n) is 3.63. The quantitative estimate of drug-likeness (QED) is 0.653. The van der Waals surface area contributed by atoms with Crippen molar-refractivity contribution < 1.29 is 14.3 Å². The van der Waals surface area contributed by atoms with Gasteiger partial charge in [0.1, 0.15) is 0 Å². The molecule has 1 atom stereocenters. The number of aryl methyl sites for hydroxylation is 2. The second-order valence-corrected chi connectivity index (χ2v) is 6.46. The van der Waals surface area contributed by atoms with E-state index in [9.17, 15) is 9.59 Å². The van der Waals surface area contributed by atoms with Gasteiger partial charge in [0, 0.05) is 10.6 Å². The minimum Gasteiger partial charge on any atom is -0.449 e. The molecule has 126 valence electrons. The Bertz CT molecular complexity index is 741. The summed E-state index contributed by atoms with van der Waals surface area (Å²) in [6, 6.07) is 12.9. The highest BCUT2D eigenvalue weighted by molar-refractivity contribution is 7.98. The molecule has 24 heavy (non-hydrogen) atoms. The van der Waals surface area contributed by atoms with Gasteiger partial charge in [0.2, 0.25) is 0 Å². The number of benzene rings is 2. The highest BCUT2D eigenvalue weighted by Gasteiger charge is 2.19. The molecule has 5 heteroatoms. The van der Waals surface area contributed by atoms with Crippen LogP contribution in [0.25, 0.3) is 0 Å². The van der Waals surface area contributed by atoms with E-state index in [1.54, 1.807) is 30.8 Å². The summed E-state index contributed by atoms with van der Waals surface area (Å²) in [6.45, 7) is 5.43. The Morgan fingerprint density at radius 2 is 1.75 bits per heavy atom. The van der Waals surface area contributed by atoms with Crippen molar-refractivity contribution in [3.05, 3.63) is 59.2 Å². The van der Waals surface area contributed by atoms with Gasteiger partial charge in [0.05, 0.1) is 5.56 Å². The number of nitrogens with one attached hydrogen (secondary N) is 1. The Kier molecular flexibility index (Phi) is 6.04. The lowest BCUT2D eigenvalue weighted by Gasteiger charge is -2.15. The lowest BCUT2D eigenvalue weighted by Crippen LogP contribution is -2.30. The highest BCUT2D eigenvalue weighted by Crippen LogP contribution is 2.18. The second kappa shape index (κ2) is 8.02. The lowest BCUT2D eigenvalue weighted by atomic mass is 10.1. The van der Waals surface area contributed by atoms with Crippen molar-refractivity contribution in [2.24, 2.45) is 0 Å². The maximum Gasteiger partial charge on any atom is 0.338 e. The molecule has 0 saturated heterocycles. The van der Waals surface area contributed by atoms with Crippen molar-refractivity contribution in [3.8, 4) is 0 Å². The number of esters is 1. The third kappa shape index (κ3) is 4.61. The molecule has 0 heterocycles. The van der Waals surface area contributed by atoms with Crippen molar-refractivity contribution in [2.45, 2.75) is 31.8 Å². The molecule has 4 nitrogen and oxygen atoms in total. The van der Waals surface area contributed by atoms with Gasteiger partial charge in [-0.3, -0.25) is 4.79 Å². The average Bonchev–Trinajstić information content (AvgIpc) is 2.58. The molecule has 2 aromatic carbocycles. The summed E-state index contributed by atoms with van der Waals surface area (Å²) in [4.78, 5) is 25.4. The number of hydrogen-bond acceptors (Lipinski definition) is 4. The molecule has 0 aliphatic rings. The summed E-state index contributed by atoms with van der Waals surface area (Å²) in [5.74, 6) is -0.857. The van der Waals surface area contributed by atoms with Gasteiger partial charge in [0.25, 0.3) is 5.91 Å². The first kappa shape index (κ1) is 18.1. The van der Waals surface area contributed by atoms with Crippen LogP contribution < -0.4 is 5.32 Å². The first-order valence-corrected chi connectivity index (χ1v) is 8.86. The Hall–Kier alpha value is -2.27. The van der Waals surface area contributed by atoms with E-state index in [-0.39, 0.29) is 5.91 Å². The topological polar surface area (TPSA) is 55.4 Å². The summed E-state index contributed by atoms with van der Waals surface area (Å²) in [5, 5.41) is 2.81. The van der Waals surface area contributed by atoms with Crippen molar-refractivity contribution in [2.75, 3.05) is 11.6 Å². The zero-order valence-corrected chi connectivity index (χ0v) is 15.1. The molecule has 1 amide bonds. The molecule has 0 radical (unpaired) electrons. The normalized spacial score (nSPS) is 11.7. The van der Waals surface area contributed by atoms with Crippen LogP contribution >= 0.6 is 11.8 Å². The van der Waals surface area contributed by atoms with E-state index >= 15 is 0 Å². The first-order chi connectivity index (χ1) is 11.4. The van der Waals surface area contributed by atoms with Crippen LogP contribution in [0.2, 0.25) is 0 Å². The van der Waals surface area contributed by atoms with E-state index in [0.29, 0.717) is 5.56 Å². The fraction of sp³-hybridized carbons (Fsp3) is 0.263. The van der Waals surface area contributed by atoms with Gasteiger partial charge in [-0.15, -0.1) is 11.8 Å². The maximum atomic E-state index is 12.3. The first-order valence-electron chi connectivity index (χ1n) is 7.64. The van der Waals surface area contributed by atoms with Crippen LogP contribution in [0.1, 0.15) is 28.4 Å². The van der Waals surface area contributed by atoms with Crippen LogP contribution in [0.3, 0.4) is 0 Å². The fourth-order valence-electron chi connectivity index (χ4n) is 2.11. The van der Waals surface area contributed by atoms with E-state index in [0.717, 1.165) is 21.7 Å². The molecular weight excluding hydrogens is 322 g/mol. The molecule has 0 saturated carbocycles. The molecule has 0 aromatic heterocycles. The van der Waals surface area contributed by atoms with Gasteiger partial charge in [-0.25, -0.2) is 4.79 Å². The largest absolute Gasteiger partial charge is 0.449 e. The summed E-state index contributed by atoms with van der Waals surface area (Å²) in [6.07, 6.45) is 1.09. The van der Waals surface area contributed by atoms with E-state index in [1.165, 1.54) is 0 Å². The zero-order valence-electron chi connectivity index (χ0n) is 14.3. The van der Waals surface area contributed by atoms with Crippen molar-refractivity contribution in [1.29, 1.82) is 0 Å². The number of thioether (sulfide) groups is 1. The monoisotopic (exact) mass is 343 g/mol. The molecule has 1 N–H and O–H groups in total. The number of carbonyl (C=O) groups is 2. The minimum absolute atomic E-state index is 0.349. The van der Waals surface area contributed by atoms with Crippen LogP contribution in [-0.2, 0) is 9.53 Å². The molecular formula is C19H21NO3S. The van der Waals surface area contributed by atoms with Gasteiger partial charge in [0.15, 0.2) is 6.10 Å². The Morgan fingerprint density at radius 3 is 2.38 bits per heavy atom. The Balaban J connectivity index is 1.99. The van der Waals surface area contributed by atoms with Crippen molar-refractivity contribution in [3.63, 3.8) is 0 Å². The van der Waals surface area contributed by atoms with Crippen LogP contribution in [0.5, 0.6) is 0 Å². The SMILES string of the molecule is CSc1ccc(C(=O)O[C@H](C)C(=O)Nc2cc(C)ccc2C)cc1. The number of amides is 1.